The molecule has 9 heteroatoms. The molecule has 170 valence electrons. The Morgan fingerprint density at radius 3 is 2.28 bits per heavy atom. The predicted octanol–water partition coefficient (Wildman–Crippen LogP) is 4.76. The molecular formula is C23H26F2N4O2S. The lowest BCUT2D eigenvalue weighted by molar-refractivity contribution is -0.118. The number of nitrogens with zero attached hydrogens (tertiary/aromatic N) is 3. The van der Waals surface area contributed by atoms with E-state index < -0.39 is 6.10 Å². The number of hydrogen-bond donors (Lipinski definition) is 1. The van der Waals surface area contributed by atoms with E-state index in [9.17, 15) is 13.6 Å². The van der Waals surface area contributed by atoms with Crippen molar-refractivity contribution in [3.63, 3.8) is 0 Å². The summed E-state index contributed by atoms with van der Waals surface area (Å²) in [4.78, 5) is 12.3. The molecule has 0 aliphatic heterocycles. The van der Waals surface area contributed by atoms with E-state index in [0.29, 0.717) is 35.7 Å². The molecule has 0 radical (unpaired) electrons. The number of thioether (sulfide) groups is 1. The summed E-state index contributed by atoms with van der Waals surface area (Å²) in [5, 5.41) is 12.0. The van der Waals surface area contributed by atoms with Crippen LogP contribution in [0.2, 0.25) is 0 Å². The van der Waals surface area contributed by atoms with Gasteiger partial charge in [-0.3, -0.25) is 4.79 Å². The Hall–Kier alpha value is -2.94. The SMILES string of the molecule is CC(C)Cn1c(SCC(=O)NCc2ccc(F)cc2)nnc1C(C)Oc1ccc(F)cc1. The fraction of sp³-hybridized carbons (Fsp3) is 0.348. The molecule has 1 unspecified atom stereocenters. The lowest BCUT2D eigenvalue weighted by atomic mass is 10.2. The molecule has 0 bridgehead atoms. The van der Waals surface area contributed by atoms with Crippen molar-refractivity contribution < 1.29 is 18.3 Å². The highest BCUT2D eigenvalue weighted by molar-refractivity contribution is 7.99. The van der Waals surface area contributed by atoms with Crippen LogP contribution in [-0.4, -0.2) is 26.4 Å². The van der Waals surface area contributed by atoms with E-state index in [-0.39, 0.29) is 23.3 Å². The summed E-state index contributed by atoms with van der Waals surface area (Å²) in [6.45, 7) is 7.01. The second-order valence-corrected chi connectivity index (χ2v) is 8.69. The molecule has 1 aromatic heterocycles. The van der Waals surface area contributed by atoms with Crippen LogP contribution < -0.4 is 10.1 Å². The van der Waals surface area contributed by atoms with Gasteiger partial charge in [-0.2, -0.15) is 0 Å². The molecule has 3 aromatic rings. The highest BCUT2D eigenvalue weighted by Gasteiger charge is 2.21. The maximum atomic E-state index is 13.1. The van der Waals surface area contributed by atoms with Crippen molar-refractivity contribution in [3.05, 3.63) is 71.6 Å². The first-order valence-electron chi connectivity index (χ1n) is 10.3. The predicted molar refractivity (Wildman–Crippen MR) is 119 cm³/mol. The molecule has 32 heavy (non-hydrogen) atoms. The molecule has 0 spiro atoms. The van der Waals surface area contributed by atoms with Gasteiger partial charge in [0.2, 0.25) is 5.91 Å². The number of rotatable bonds is 10. The maximum Gasteiger partial charge on any atom is 0.230 e. The molecule has 1 heterocycles. The Morgan fingerprint density at radius 2 is 1.66 bits per heavy atom. The standard InChI is InChI=1S/C23H26F2N4O2S/c1-15(2)13-29-22(16(3)31-20-10-8-19(25)9-11-20)27-28-23(29)32-14-21(30)26-12-17-4-6-18(24)7-5-17/h4-11,15-16H,12-14H2,1-3H3,(H,26,30). The molecule has 0 aliphatic rings. The van der Waals surface area contributed by atoms with E-state index in [0.717, 1.165) is 5.56 Å². The van der Waals surface area contributed by atoms with Gasteiger partial charge in [-0.15, -0.1) is 10.2 Å². The molecule has 2 aromatic carbocycles. The van der Waals surface area contributed by atoms with E-state index in [1.165, 1.54) is 36.0 Å². The smallest absolute Gasteiger partial charge is 0.230 e. The van der Waals surface area contributed by atoms with Crippen molar-refractivity contribution in [3.8, 4) is 5.75 Å². The minimum atomic E-state index is -0.409. The Labute approximate surface area is 190 Å². The summed E-state index contributed by atoms with van der Waals surface area (Å²) in [5.74, 6) is 0.873. The molecule has 0 saturated carbocycles. The van der Waals surface area contributed by atoms with Crippen LogP contribution in [-0.2, 0) is 17.9 Å². The third-order valence-electron chi connectivity index (χ3n) is 4.52. The monoisotopic (exact) mass is 460 g/mol. The Kier molecular flexibility index (Phi) is 8.21. The van der Waals surface area contributed by atoms with Crippen molar-refractivity contribution in [2.24, 2.45) is 5.92 Å². The molecule has 3 rings (SSSR count). The Morgan fingerprint density at radius 1 is 1.03 bits per heavy atom. The number of benzene rings is 2. The lowest BCUT2D eigenvalue weighted by Crippen LogP contribution is -2.25. The molecule has 0 aliphatic carbocycles. The first kappa shape index (κ1) is 23.7. The Bertz CT molecular complexity index is 1020. The fourth-order valence-corrected chi connectivity index (χ4v) is 3.78. The van der Waals surface area contributed by atoms with Crippen LogP contribution in [0.15, 0.2) is 53.7 Å². The quantitative estimate of drug-likeness (QED) is 0.442. The average molecular weight is 461 g/mol. The molecule has 1 amide bonds. The van der Waals surface area contributed by atoms with Crippen LogP contribution in [0.4, 0.5) is 8.78 Å². The number of nitrogens with one attached hydrogen (secondary N) is 1. The van der Waals surface area contributed by atoms with Gasteiger partial charge in [-0.05, 0) is 54.8 Å². The van der Waals surface area contributed by atoms with Gasteiger partial charge in [0.15, 0.2) is 17.1 Å². The largest absolute Gasteiger partial charge is 0.483 e. The average Bonchev–Trinajstić information content (AvgIpc) is 3.15. The van der Waals surface area contributed by atoms with E-state index >= 15 is 0 Å². The van der Waals surface area contributed by atoms with Crippen LogP contribution in [0.3, 0.4) is 0 Å². The first-order valence-corrected chi connectivity index (χ1v) is 11.3. The zero-order chi connectivity index (χ0) is 23.1. The van der Waals surface area contributed by atoms with Gasteiger partial charge >= 0.3 is 0 Å². The van der Waals surface area contributed by atoms with Crippen LogP contribution in [0.25, 0.3) is 0 Å². The first-order chi connectivity index (χ1) is 15.3. The van der Waals surface area contributed by atoms with Crippen LogP contribution in [0, 0.1) is 17.6 Å². The second-order valence-electron chi connectivity index (χ2n) is 7.75. The summed E-state index contributed by atoms with van der Waals surface area (Å²) in [6, 6.07) is 11.8. The summed E-state index contributed by atoms with van der Waals surface area (Å²) < 4.78 is 34.0. The zero-order valence-electron chi connectivity index (χ0n) is 18.2. The second kappa shape index (κ2) is 11.1. The van der Waals surface area contributed by atoms with Crippen molar-refractivity contribution in [1.29, 1.82) is 0 Å². The van der Waals surface area contributed by atoms with Crippen LogP contribution in [0.1, 0.15) is 38.3 Å². The van der Waals surface area contributed by atoms with Crippen molar-refractivity contribution >= 4 is 17.7 Å². The third-order valence-corrected chi connectivity index (χ3v) is 5.49. The van der Waals surface area contributed by atoms with E-state index in [1.807, 2.05) is 11.5 Å². The fourth-order valence-electron chi connectivity index (χ4n) is 3.00. The molecule has 6 nitrogen and oxygen atoms in total. The van der Waals surface area contributed by atoms with Gasteiger partial charge in [-0.25, -0.2) is 8.78 Å². The minimum absolute atomic E-state index is 0.157. The number of carbonyl (C=O) groups excluding carboxylic acids is 1. The summed E-state index contributed by atoms with van der Waals surface area (Å²) in [6.07, 6.45) is -0.409. The molecule has 0 saturated heterocycles. The molecule has 1 N–H and O–H groups in total. The third kappa shape index (κ3) is 6.78. The summed E-state index contributed by atoms with van der Waals surface area (Å²) in [5.41, 5.74) is 0.821. The Balaban J connectivity index is 1.62. The summed E-state index contributed by atoms with van der Waals surface area (Å²) in [7, 11) is 0. The van der Waals surface area contributed by atoms with E-state index in [1.54, 1.807) is 24.3 Å². The maximum absolute atomic E-state index is 13.1. The van der Waals surface area contributed by atoms with Crippen LogP contribution in [0.5, 0.6) is 5.75 Å². The van der Waals surface area contributed by atoms with Gasteiger partial charge in [0.05, 0.1) is 5.75 Å². The van der Waals surface area contributed by atoms with Crippen LogP contribution >= 0.6 is 11.8 Å². The number of halogens is 2. The highest BCUT2D eigenvalue weighted by atomic mass is 32.2. The highest BCUT2D eigenvalue weighted by Crippen LogP contribution is 2.25. The lowest BCUT2D eigenvalue weighted by Gasteiger charge is -2.17. The number of hydrogen-bond acceptors (Lipinski definition) is 5. The van der Waals surface area contributed by atoms with E-state index in [2.05, 4.69) is 29.4 Å². The van der Waals surface area contributed by atoms with Gasteiger partial charge in [0, 0.05) is 13.1 Å². The van der Waals surface area contributed by atoms with Crippen molar-refractivity contribution in [1.82, 2.24) is 20.1 Å². The number of ether oxygens (including phenoxy) is 1. The minimum Gasteiger partial charge on any atom is -0.483 e. The summed E-state index contributed by atoms with van der Waals surface area (Å²) >= 11 is 1.29. The van der Waals surface area contributed by atoms with Crippen molar-refractivity contribution in [2.45, 2.75) is 45.1 Å². The van der Waals surface area contributed by atoms with Crippen molar-refractivity contribution in [2.75, 3.05) is 5.75 Å². The van der Waals surface area contributed by atoms with Gasteiger partial charge in [-0.1, -0.05) is 37.7 Å². The zero-order valence-corrected chi connectivity index (χ0v) is 19.0. The van der Waals surface area contributed by atoms with Gasteiger partial charge in [0.25, 0.3) is 0 Å². The van der Waals surface area contributed by atoms with E-state index in [4.69, 9.17) is 4.74 Å². The number of amides is 1. The van der Waals surface area contributed by atoms with Gasteiger partial charge in [0.1, 0.15) is 17.4 Å². The molecular weight excluding hydrogens is 434 g/mol. The molecule has 1 atom stereocenters. The topological polar surface area (TPSA) is 69.0 Å². The molecule has 0 fully saturated rings. The number of aromatic nitrogens is 3. The number of carbonyl (C=O) groups is 1. The van der Waals surface area contributed by atoms with Gasteiger partial charge < -0.3 is 14.6 Å². The normalized spacial score (nSPS) is 12.1.